The second-order valence-corrected chi connectivity index (χ2v) is 5.24. The maximum Gasteiger partial charge on any atom is 0.573 e. The first-order valence-corrected chi connectivity index (χ1v) is 6.91. The van der Waals surface area contributed by atoms with E-state index in [-0.39, 0.29) is 16.3 Å². The van der Waals surface area contributed by atoms with Crippen molar-refractivity contribution in [2.45, 2.75) is 25.9 Å². The quantitative estimate of drug-likeness (QED) is 0.846. The first-order chi connectivity index (χ1) is 9.85. The van der Waals surface area contributed by atoms with Crippen molar-refractivity contribution in [3.63, 3.8) is 0 Å². The van der Waals surface area contributed by atoms with E-state index in [0.29, 0.717) is 6.54 Å². The normalized spacial score (nSPS) is 13.2. The molecule has 2 rings (SSSR count). The van der Waals surface area contributed by atoms with Crippen molar-refractivity contribution in [1.82, 2.24) is 15.3 Å². The van der Waals surface area contributed by atoms with Crippen LogP contribution in [0.5, 0.6) is 5.75 Å². The lowest BCUT2D eigenvalue weighted by atomic mass is 10.2. The highest BCUT2D eigenvalue weighted by Gasteiger charge is 2.31. The summed E-state index contributed by atoms with van der Waals surface area (Å²) in [7, 11) is 0. The number of rotatable bonds is 5. The van der Waals surface area contributed by atoms with Crippen molar-refractivity contribution >= 4 is 15.9 Å². The van der Waals surface area contributed by atoms with E-state index in [1.165, 1.54) is 6.07 Å². The molecule has 21 heavy (non-hydrogen) atoms. The number of imidazole rings is 1. The van der Waals surface area contributed by atoms with Gasteiger partial charge in [-0.2, -0.15) is 0 Å². The van der Waals surface area contributed by atoms with E-state index in [1.807, 2.05) is 6.92 Å². The molecule has 1 heterocycles. The van der Waals surface area contributed by atoms with E-state index in [2.05, 4.69) is 36.0 Å². The Bertz CT molecular complexity index is 587. The number of ether oxygens (including phenoxy) is 1. The van der Waals surface area contributed by atoms with Crippen molar-refractivity contribution < 1.29 is 17.9 Å². The van der Waals surface area contributed by atoms with Gasteiger partial charge in [0.2, 0.25) is 0 Å². The Morgan fingerprint density at radius 1 is 1.43 bits per heavy atom. The number of hydrogen-bond acceptors (Lipinski definition) is 3. The maximum atomic E-state index is 12.2. The molecule has 0 saturated carbocycles. The fourth-order valence-corrected chi connectivity index (χ4v) is 2.25. The Hall–Kier alpha value is -1.54. The lowest BCUT2D eigenvalue weighted by molar-refractivity contribution is -0.274. The fraction of sp³-hybridized carbons (Fsp3) is 0.308. The Balaban J connectivity index is 1.97. The molecule has 0 amide bonds. The summed E-state index contributed by atoms with van der Waals surface area (Å²) in [6, 6.07) is 4.45. The van der Waals surface area contributed by atoms with Gasteiger partial charge in [-0.1, -0.05) is 6.07 Å². The zero-order valence-corrected chi connectivity index (χ0v) is 12.6. The molecule has 0 aliphatic carbocycles. The third-order valence-corrected chi connectivity index (χ3v) is 3.38. The Kier molecular flexibility index (Phi) is 4.89. The third-order valence-electron chi connectivity index (χ3n) is 2.76. The van der Waals surface area contributed by atoms with Crippen LogP contribution in [0.2, 0.25) is 0 Å². The average molecular weight is 364 g/mol. The van der Waals surface area contributed by atoms with E-state index < -0.39 is 6.36 Å². The minimum Gasteiger partial charge on any atom is -0.405 e. The second-order valence-electron chi connectivity index (χ2n) is 4.39. The van der Waals surface area contributed by atoms with Crippen LogP contribution in [0, 0.1) is 0 Å². The second kappa shape index (κ2) is 6.48. The molecule has 1 aromatic carbocycles. The summed E-state index contributed by atoms with van der Waals surface area (Å²) < 4.78 is 40.6. The molecule has 0 aliphatic heterocycles. The summed E-state index contributed by atoms with van der Waals surface area (Å²) in [6.45, 7) is 2.43. The van der Waals surface area contributed by atoms with Gasteiger partial charge in [-0.3, -0.25) is 0 Å². The number of benzene rings is 1. The molecule has 0 radical (unpaired) electrons. The number of aromatic nitrogens is 2. The molecular formula is C13H13BrF3N3O. The maximum absolute atomic E-state index is 12.2. The van der Waals surface area contributed by atoms with Gasteiger partial charge < -0.3 is 15.0 Å². The van der Waals surface area contributed by atoms with Crippen LogP contribution in [0.3, 0.4) is 0 Å². The zero-order valence-electron chi connectivity index (χ0n) is 11.0. The monoisotopic (exact) mass is 363 g/mol. The standard InChI is InChI=1S/C13H13BrF3N3O/c1-8(12-18-4-5-19-12)20-7-9-2-3-11(10(14)6-9)21-13(15,16)17/h2-6,8,20H,7H2,1H3,(H,18,19). The van der Waals surface area contributed by atoms with Crippen LogP contribution in [0.25, 0.3) is 0 Å². The van der Waals surface area contributed by atoms with Crippen LogP contribution in [0.15, 0.2) is 35.1 Å². The smallest absolute Gasteiger partial charge is 0.405 e. The van der Waals surface area contributed by atoms with Crippen LogP contribution >= 0.6 is 15.9 Å². The van der Waals surface area contributed by atoms with Gasteiger partial charge >= 0.3 is 6.36 Å². The van der Waals surface area contributed by atoms with Gasteiger partial charge in [-0.25, -0.2) is 4.98 Å². The lowest BCUT2D eigenvalue weighted by Gasteiger charge is -2.14. The molecule has 1 atom stereocenters. The van der Waals surface area contributed by atoms with Crippen molar-refractivity contribution in [1.29, 1.82) is 0 Å². The van der Waals surface area contributed by atoms with Gasteiger partial charge in [-0.05, 0) is 40.5 Å². The topological polar surface area (TPSA) is 49.9 Å². The van der Waals surface area contributed by atoms with Crippen LogP contribution in [-0.2, 0) is 6.54 Å². The highest BCUT2D eigenvalue weighted by atomic mass is 79.9. The molecule has 0 fully saturated rings. The summed E-state index contributed by atoms with van der Waals surface area (Å²) in [5.74, 6) is 0.538. The molecule has 4 nitrogen and oxygen atoms in total. The van der Waals surface area contributed by atoms with E-state index in [0.717, 1.165) is 11.4 Å². The van der Waals surface area contributed by atoms with Crippen LogP contribution in [0.1, 0.15) is 24.4 Å². The van der Waals surface area contributed by atoms with Crippen LogP contribution < -0.4 is 10.1 Å². The van der Waals surface area contributed by atoms with Crippen molar-refractivity contribution in [3.05, 3.63) is 46.5 Å². The van der Waals surface area contributed by atoms with Crippen LogP contribution in [0.4, 0.5) is 13.2 Å². The number of nitrogens with one attached hydrogen (secondary N) is 2. The number of aromatic amines is 1. The lowest BCUT2D eigenvalue weighted by Crippen LogP contribution is -2.19. The van der Waals surface area contributed by atoms with Gasteiger partial charge in [0.05, 0.1) is 10.5 Å². The average Bonchev–Trinajstić information content (AvgIpc) is 2.91. The fourth-order valence-electron chi connectivity index (χ4n) is 1.74. The predicted octanol–water partition coefficient (Wildman–Crippen LogP) is 3.92. The summed E-state index contributed by atoms with van der Waals surface area (Å²) in [4.78, 5) is 7.12. The Morgan fingerprint density at radius 3 is 2.76 bits per heavy atom. The van der Waals surface area contributed by atoms with E-state index >= 15 is 0 Å². The predicted molar refractivity (Wildman–Crippen MR) is 74.7 cm³/mol. The van der Waals surface area contributed by atoms with Gasteiger partial charge in [0.25, 0.3) is 0 Å². The molecule has 1 unspecified atom stereocenters. The SMILES string of the molecule is CC(NCc1ccc(OC(F)(F)F)c(Br)c1)c1ncc[nH]1. The van der Waals surface area contributed by atoms with Crippen molar-refractivity contribution in [3.8, 4) is 5.75 Å². The first-order valence-electron chi connectivity index (χ1n) is 6.12. The molecule has 0 aliphatic rings. The number of hydrogen-bond donors (Lipinski definition) is 2. The van der Waals surface area contributed by atoms with E-state index in [4.69, 9.17) is 0 Å². The number of alkyl halides is 3. The minimum atomic E-state index is -4.70. The molecule has 2 N–H and O–H groups in total. The zero-order chi connectivity index (χ0) is 15.5. The Labute approximate surface area is 127 Å². The highest BCUT2D eigenvalue weighted by molar-refractivity contribution is 9.10. The molecule has 114 valence electrons. The van der Waals surface area contributed by atoms with Gasteiger partial charge in [0.1, 0.15) is 11.6 Å². The van der Waals surface area contributed by atoms with Crippen molar-refractivity contribution in [2.24, 2.45) is 0 Å². The van der Waals surface area contributed by atoms with Crippen LogP contribution in [-0.4, -0.2) is 16.3 Å². The van der Waals surface area contributed by atoms with Gasteiger partial charge in [0.15, 0.2) is 0 Å². The van der Waals surface area contributed by atoms with Gasteiger partial charge in [0, 0.05) is 18.9 Å². The summed E-state index contributed by atoms with van der Waals surface area (Å²) in [5, 5.41) is 3.22. The molecule has 1 aromatic heterocycles. The highest BCUT2D eigenvalue weighted by Crippen LogP contribution is 2.31. The van der Waals surface area contributed by atoms with Gasteiger partial charge in [-0.15, -0.1) is 13.2 Å². The first kappa shape index (κ1) is 15.8. The molecule has 2 aromatic rings. The Morgan fingerprint density at radius 2 is 2.19 bits per heavy atom. The molecule has 0 bridgehead atoms. The number of H-pyrrole nitrogens is 1. The summed E-state index contributed by atoms with van der Waals surface area (Å²) >= 11 is 3.07. The summed E-state index contributed by atoms with van der Waals surface area (Å²) in [5.41, 5.74) is 0.829. The van der Waals surface area contributed by atoms with Crippen molar-refractivity contribution in [2.75, 3.05) is 0 Å². The van der Waals surface area contributed by atoms with E-state index in [9.17, 15) is 13.2 Å². The molecular weight excluding hydrogens is 351 g/mol. The number of halogens is 4. The third kappa shape index (κ3) is 4.75. The summed E-state index contributed by atoms with van der Waals surface area (Å²) in [6.07, 6.45) is -1.31. The molecule has 8 heteroatoms. The molecule has 0 saturated heterocycles. The largest absolute Gasteiger partial charge is 0.573 e. The number of nitrogens with zero attached hydrogens (tertiary/aromatic N) is 1. The molecule has 0 spiro atoms. The minimum absolute atomic E-state index is 0.00452. The van der Waals surface area contributed by atoms with E-state index in [1.54, 1.807) is 24.5 Å².